The number of likely N-dealkylation sites (tertiary alicyclic amines) is 1. The molecular formula is C19H28N2O3. The normalized spacial score (nSPS) is 22.0. The first kappa shape index (κ1) is 17.4. The molecule has 2 fully saturated rings. The van der Waals surface area contributed by atoms with E-state index in [1.165, 1.54) is 5.56 Å². The molecule has 1 unspecified atom stereocenters. The number of benzene rings is 1. The first-order valence-corrected chi connectivity index (χ1v) is 9.01. The number of hydrogen-bond donors (Lipinski definition) is 1. The van der Waals surface area contributed by atoms with Crippen LogP contribution in [0.1, 0.15) is 24.0 Å². The summed E-state index contributed by atoms with van der Waals surface area (Å²) in [5, 5.41) is 9.10. The summed E-state index contributed by atoms with van der Waals surface area (Å²) in [7, 11) is 0. The monoisotopic (exact) mass is 332 g/mol. The molecule has 5 nitrogen and oxygen atoms in total. The summed E-state index contributed by atoms with van der Waals surface area (Å²) in [5.41, 5.74) is 2.24. The van der Waals surface area contributed by atoms with E-state index in [4.69, 9.17) is 9.84 Å². The van der Waals surface area contributed by atoms with E-state index in [-0.39, 0.29) is 6.61 Å². The fourth-order valence-corrected chi connectivity index (χ4v) is 3.58. The third-order valence-corrected chi connectivity index (χ3v) is 5.11. The lowest BCUT2D eigenvalue weighted by atomic mass is 9.98. The number of carbonyl (C=O) groups excluding carboxylic acids is 1. The molecule has 0 bridgehead atoms. The summed E-state index contributed by atoms with van der Waals surface area (Å²) in [6.45, 7) is 6.18. The van der Waals surface area contributed by atoms with Gasteiger partial charge in [0.25, 0.3) is 0 Å². The minimum atomic E-state index is 0.0924. The van der Waals surface area contributed by atoms with Gasteiger partial charge in [0.2, 0.25) is 5.91 Å². The predicted octanol–water partition coefficient (Wildman–Crippen LogP) is 1.29. The number of aliphatic hydroxyl groups is 1. The van der Waals surface area contributed by atoms with Crippen LogP contribution in [0.4, 0.5) is 0 Å². The van der Waals surface area contributed by atoms with E-state index in [0.29, 0.717) is 18.2 Å². The quantitative estimate of drug-likeness (QED) is 0.853. The average Bonchev–Trinajstić information content (AvgIpc) is 3.10. The molecule has 1 atom stereocenters. The van der Waals surface area contributed by atoms with Crippen molar-refractivity contribution in [3.05, 3.63) is 35.4 Å². The molecule has 2 aliphatic rings. The molecule has 3 rings (SSSR count). The molecule has 2 heterocycles. The summed E-state index contributed by atoms with van der Waals surface area (Å²) >= 11 is 0. The van der Waals surface area contributed by atoms with E-state index < -0.39 is 0 Å². The van der Waals surface area contributed by atoms with Crippen LogP contribution in [0, 0.1) is 5.92 Å². The van der Waals surface area contributed by atoms with Gasteiger partial charge in [-0.1, -0.05) is 24.3 Å². The van der Waals surface area contributed by atoms with Gasteiger partial charge in [-0.05, 0) is 29.9 Å². The Hall–Kier alpha value is -1.43. The lowest BCUT2D eigenvalue weighted by Crippen LogP contribution is -2.39. The Balaban J connectivity index is 1.41. The SMILES string of the molecule is O=C(CCN1CCOCC1)N1CCC(Cc2ccc(CO)cc2)C1. The van der Waals surface area contributed by atoms with E-state index in [1.807, 2.05) is 17.0 Å². The van der Waals surface area contributed by atoms with Crippen LogP contribution >= 0.6 is 0 Å². The average molecular weight is 332 g/mol. The van der Waals surface area contributed by atoms with Crippen molar-refractivity contribution in [1.29, 1.82) is 0 Å². The molecule has 2 saturated heterocycles. The highest BCUT2D eigenvalue weighted by molar-refractivity contribution is 5.76. The fourth-order valence-electron chi connectivity index (χ4n) is 3.58. The fraction of sp³-hybridized carbons (Fsp3) is 0.632. The van der Waals surface area contributed by atoms with E-state index >= 15 is 0 Å². The summed E-state index contributed by atoms with van der Waals surface area (Å²) in [6.07, 6.45) is 2.72. The zero-order valence-electron chi connectivity index (χ0n) is 14.3. The maximum absolute atomic E-state index is 12.4. The molecular weight excluding hydrogens is 304 g/mol. The minimum absolute atomic E-state index is 0.0924. The Labute approximate surface area is 144 Å². The zero-order chi connectivity index (χ0) is 16.8. The second kappa shape index (κ2) is 8.60. The van der Waals surface area contributed by atoms with Gasteiger partial charge in [-0.25, -0.2) is 0 Å². The van der Waals surface area contributed by atoms with Gasteiger partial charge in [-0.3, -0.25) is 9.69 Å². The van der Waals surface area contributed by atoms with Crippen LogP contribution in [0.2, 0.25) is 0 Å². The molecule has 1 aromatic carbocycles. The summed E-state index contributed by atoms with van der Waals surface area (Å²) in [4.78, 5) is 16.8. The van der Waals surface area contributed by atoms with Gasteiger partial charge < -0.3 is 14.7 Å². The van der Waals surface area contributed by atoms with Gasteiger partial charge in [-0.15, -0.1) is 0 Å². The van der Waals surface area contributed by atoms with E-state index in [0.717, 1.165) is 64.3 Å². The first-order valence-electron chi connectivity index (χ1n) is 9.01. The molecule has 0 saturated carbocycles. The van der Waals surface area contributed by atoms with Crippen molar-refractivity contribution >= 4 is 5.91 Å². The van der Waals surface area contributed by atoms with Gasteiger partial charge in [0.1, 0.15) is 0 Å². The van der Waals surface area contributed by atoms with Crippen LogP contribution in [-0.2, 0) is 22.6 Å². The van der Waals surface area contributed by atoms with Crippen molar-refractivity contribution < 1.29 is 14.6 Å². The summed E-state index contributed by atoms with van der Waals surface area (Å²) < 4.78 is 5.34. The van der Waals surface area contributed by atoms with Gasteiger partial charge in [-0.2, -0.15) is 0 Å². The Morgan fingerprint density at radius 1 is 1.12 bits per heavy atom. The van der Waals surface area contributed by atoms with Crippen LogP contribution in [0.3, 0.4) is 0 Å². The highest BCUT2D eigenvalue weighted by Gasteiger charge is 2.26. The number of morpholine rings is 1. The molecule has 1 aromatic rings. The zero-order valence-corrected chi connectivity index (χ0v) is 14.3. The molecule has 1 amide bonds. The van der Waals surface area contributed by atoms with Crippen LogP contribution < -0.4 is 0 Å². The Morgan fingerprint density at radius 3 is 2.54 bits per heavy atom. The largest absolute Gasteiger partial charge is 0.392 e. The van der Waals surface area contributed by atoms with E-state index in [2.05, 4.69) is 17.0 Å². The number of nitrogens with zero attached hydrogens (tertiary/aromatic N) is 2. The van der Waals surface area contributed by atoms with Crippen molar-refractivity contribution in [1.82, 2.24) is 9.80 Å². The lowest BCUT2D eigenvalue weighted by Gasteiger charge is -2.27. The number of amides is 1. The topological polar surface area (TPSA) is 53.0 Å². The third kappa shape index (κ3) is 4.79. The molecule has 0 spiro atoms. The number of carbonyl (C=O) groups is 1. The number of aliphatic hydroxyl groups excluding tert-OH is 1. The number of ether oxygens (including phenoxy) is 1. The van der Waals surface area contributed by atoms with Crippen molar-refractivity contribution in [3.63, 3.8) is 0 Å². The minimum Gasteiger partial charge on any atom is -0.392 e. The maximum atomic E-state index is 12.4. The highest BCUT2D eigenvalue weighted by Crippen LogP contribution is 2.22. The predicted molar refractivity (Wildman–Crippen MR) is 92.6 cm³/mol. The van der Waals surface area contributed by atoms with Gasteiger partial charge in [0, 0.05) is 39.1 Å². The Bertz CT molecular complexity index is 526. The summed E-state index contributed by atoms with van der Waals surface area (Å²) in [6, 6.07) is 8.15. The van der Waals surface area contributed by atoms with E-state index in [9.17, 15) is 4.79 Å². The highest BCUT2D eigenvalue weighted by atomic mass is 16.5. The first-order chi connectivity index (χ1) is 11.7. The second-order valence-electron chi connectivity index (χ2n) is 6.88. The molecule has 0 aliphatic carbocycles. The van der Waals surface area contributed by atoms with Gasteiger partial charge in [0.05, 0.1) is 19.8 Å². The molecule has 0 aromatic heterocycles. The van der Waals surface area contributed by atoms with Crippen molar-refractivity contribution in [2.24, 2.45) is 5.92 Å². The summed E-state index contributed by atoms with van der Waals surface area (Å²) in [5.74, 6) is 0.844. The lowest BCUT2D eigenvalue weighted by molar-refractivity contribution is -0.130. The molecule has 0 radical (unpaired) electrons. The van der Waals surface area contributed by atoms with E-state index in [1.54, 1.807) is 0 Å². The van der Waals surface area contributed by atoms with Crippen molar-refractivity contribution in [3.8, 4) is 0 Å². The molecule has 24 heavy (non-hydrogen) atoms. The maximum Gasteiger partial charge on any atom is 0.223 e. The number of hydrogen-bond acceptors (Lipinski definition) is 4. The van der Waals surface area contributed by atoms with Crippen LogP contribution in [0.15, 0.2) is 24.3 Å². The van der Waals surface area contributed by atoms with Crippen LogP contribution in [0.5, 0.6) is 0 Å². The van der Waals surface area contributed by atoms with Gasteiger partial charge >= 0.3 is 0 Å². The number of rotatable bonds is 6. The molecule has 132 valence electrons. The van der Waals surface area contributed by atoms with Crippen LogP contribution in [0.25, 0.3) is 0 Å². The smallest absolute Gasteiger partial charge is 0.223 e. The molecule has 5 heteroatoms. The van der Waals surface area contributed by atoms with Crippen LogP contribution in [-0.4, -0.2) is 66.8 Å². The third-order valence-electron chi connectivity index (χ3n) is 5.11. The standard InChI is InChI=1S/C19H28N2O3/c22-15-17-3-1-16(2-4-17)13-18-5-8-21(14-18)19(23)6-7-20-9-11-24-12-10-20/h1-4,18,22H,5-15H2. The van der Waals surface area contributed by atoms with Gasteiger partial charge in [0.15, 0.2) is 0 Å². The molecule has 2 aliphatic heterocycles. The second-order valence-corrected chi connectivity index (χ2v) is 6.88. The van der Waals surface area contributed by atoms with Crippen molar-refractivity contribution in [2.75, 3.05) is 45.9 Å². The Kier molecular flexibility index (Phi) is 6.24. The van der Waals surface area contributed by atoms with Crippen molar-refractivity contribution in [2.45, 2.75) is 25.9 Å². The molecule has 1 N–H and O–H groups in total. The Morgan fingerprint density at radius 2 is 1.83 bits per heavy atom.